The van der Waals surface area contributed by atoms with Gasteiger partial charge in [-0.1, -0.05) is 0 Å². The molecule has 34 heavy (non-hydrogen) atoms. The van der Waals surface area contributed by atoms with Crippen molar-refractivity contribution in [1.82, 2.24) is 18.8 Å². The Balaban J connectivity index is 1.69. The third-order valence-corrected chi connectivity index (χ3v) is 7.60. The van der Waals surface area contributed by atoms with Gasteiger partial charge in [0, 0.05) is 64.7 Å². The normalized spacial score (nSPS) is 17.9. The van der Waals surface area contributed by atoms with E-state index in [4.69, 9.17) is 4.42 Å². The summed E-state index contributed by atoms with van der Waals surface area (Å²) in [5.74, 6) is 0.992. The highest BCUT2D eigenvalue weighted by molar-refractivity contribution is 7.88. The second-order valence-electron chi connectivity index (χ2n) is 8.84. The second-order valence-corrected chi connectivity index (χ2v) is 10.8. The van der Waals surface area contributed by atoms with Crippen molar-refractivity contribution < 1.29 is 17.6 Å². The van der Waals surface area contributed by atoms with Gasteiger partial charge in [0.05, 0.1) is 18.2 Å². The molecule has 1 fully saturated rings. The summed E-state index contributed by atoms with van der Waals surface area (Å²) in [6, 6.07) is 5.37. The zero-order valence-electron chi connectivity index (χ0n) is 20.0. The summed E-state index contributed by atoms with van der Waals surface area (Å²) in [6.45, 7) is 5.31. The lowest BCUT2D eigenvalue weighted by Gasteiger charge is -2.38. The fourth-order valence-electron chi connectivity index (χ4n) is 4.21. The predicted molar refractivity (Wildman–Crippen MR) is 130 cm³/mol. The fraction of sp³-hybridized carbons (Fsp3) is 0.435. The first-order chi connectivity index (χ1) is 16.0. The number of pyridine rings is 2. The molecule has 0 bridgehead atoms. The second kappa shape index (κ2) is 8.97. The Hall–Kier alpha value is -3.02. The van der Waals surface area contributed by atoms with Crippen LogP contribution in [0.25, 0.3) is 22.1 Å². The first-order valence-corrected chi connectivity index (χ1v) is 12.8. The molecule has 4 heterocycles. The molecule has 1 amide bonds. The number of piperazine rings is 1. The Morgan fingerprint density at radius 1 is 1.29 bits per heavy atom. The number of aryl methyl sites for hydroxylation is 1. The van der Waals surface area contributed by atoms with Gasteiger partial charge >= 0.3 is 0 Å². The van der Waals surface area contributed by atoms with E-state index in [0.717, 1.165) is 11.1 Å². The molecule has 4 rings (SSSR count). The van der Waals surface area contributed by atoms with Gasteiger partial charge in [0.1, 0.15) is 17.2 Å². The van der Waals surface area contributed by atoms with Crippen LogP contribution in [-0.2, 0) is 28.4 Å². The molecule has 1 aliphatic heterocycles. The van der Waals surface area contributed by atoms with Crippen molar-refractivity contribution in [2.24, 2.45) is 7.05 Å². The number of nitrogens with zero attached hydrogens (tertiary/aromatic N) is 5. The molecule has 0 spiro atoms. The van der Waals surface area contributed by atoms with Crippen molar-refractivity contribution in [2.75, 3.05) is 37.8 Å². The molecular weight excluding hydrogens is 458 g/mol. The zero-order chi connectivity index (χ0) is 24.8. The SMILES string of the molecule is CC(=O)N(C)c1cc(-c2cn(C)c(=O)c3cc(CN4CCN(S(C)(=O)=O)C[C@H]4C)oc23)ccn1. The number of amides is 1. The predicted octanol–water partition coefficient (Wildman–Crippen LogP) is 1.64. The summed E-state index contributed by atoms with van der Waals surface area (Å²) in [5, 5.41) is 0.468. The number of furan rings is 1. The van der Waals surface area contributed by atoms with Crippen molar-refractivity contribution in [2.45, 2.75) is 26.4 Å². The van der Waals surface area contributed by atoms with Gasteiger partial charge in [-0.15, -0.1) is 0 Å². The Kier molecular flexibility index (Phi) is 6.36. The van der Waals surface area contributed by atoms with Crippen LogP contribution in [0.4, 0.5) is 5.82 Å². The molecular formula is C23H29N5O5S. The zero-order valence-corrected chi connectivity index (χ0v) is 20.8. The van der Waals surface area contributed by atoms with Gasteiger partial charge in [-0.25, -0.2) is 13.4 Å². The molecule has 10 nitrogen and oxygen atoms in total. The molecule has 1 aliphatic rings. The maximum atomic E-state index is 12.9. The number of carbonyl (C=O) groups excluding carboxylic acids is 1. The van der Waals surface area contributed by atoms with Gasteiger partial charge in [0.2, 0.25) is 15.9 Å². The molecule has 0 radical (unpaired) electrons. The maximum absolute atomic E-state index is 12.9. The topological polar surface area (TPSA) is 109 Å². The quantitative estimate of drug-likeness (QED) is 0.538. The highest BCUT2D eigenvalue weighted by Crippen LogP contribution is 2.31. The number of fused-ring (bicyclic) bond motifs is 1. The van der Waals surface area contributed by atoms with E-state index in [2.05, 4.69) is 9.88 Å². The molecule has 3 aromatic rings. The summed E-state index contributed by atoms with van der Waals surface area (Å²) in [4.78, 5) is 32.5. The summed E-state index contributed by atoms with van der Waals surface area (Å²) in [7, 11) is 0.114. The molecule has 0 aromatic carbocycles. The monoisotopic (exact) mass is 487 g/mol. The summed E-state index contributed by atoms with van der Waals surface area (Å²) in [5.41, 5.74) is 1.80. The molecule has 0 unspecified atom stereocenters. The minimum atomic E-state index is -3.23. The van der Waals surface area contributed by atoms with Crippen LogP contribution in [0.1, 0.15) is 19.6 Å². The first-order valence-electron chi connectivity index (χ1n) is 11.0. The van der Waals surface area contributed by atoms with E-state index in [0.29, 0.717) is 48.7 Å². The van der Waals surface area contributed by atoms with E-state index < -0.39 is 10.0 Å². The van der Waals surface area contributed by atoms with Gasteiger partial charge in [-0.2, -0.15) is 4.31 Å². The first kappa shape index (κ1) is 24.1. The number of rotatable bonds is 5. The maximum Gasteiger partial charge on any atom is 0.261 e. The van der Waals surface area contributed by atoms with Crippen molar-refractivity contribution in [3.05, 3.63) is 46.7 Å². The van der Waals surface area contributed by atoms with Crippen LogP contribution in [0.5, 0.6) is 0 Å². The number of sulfonamides is 1. The van der Waals surface area contributed by atoms with E-state index in [-0.39, 0.29) is 17.5 Å². The highest BCUT2D eigenvalue weighted by Gasteiger charge is 2.29. The van der Waals surface area contributed by atoms with Crippen LogP contribution < -0.4 is 10.5 Å². The molecule has 182 valence electrons. The highest BCUT2D eigenvalue weighted by atomic mass is 32.2. The molecule has 0 saturated carbocycles. The lowest BCUT2D eigenvalue weighted by Crippen LogP contribution is -2.52. The van der Waals surface area contributed by atoms with Gasteiger partial charge in [0.25, 0.3) is 5.56 Å². The average Bonchev–Trinajstić information content (AvgIpc) is 3.20. The van der Waals surface area contributed by atoms with Crippen LogP contribution in [0.3, 0.4) is 0 Å². The smallest absolute Gasteiger partial charge is 0.261 e. The van der Waals surface area contributed by atoms with Crippen LogP contribution in [-0.4, -0.2) is 72.1 Å². The van der Waals surface area contributed by atoms with Crippen LogP contribution >= 0.6 is 0 Å². The molecule has 0 aliphatic carbocycles. The van der Waals surface area contributed by atoms with Crippen molar-refractivity contribution in [3.63, 3.8) is 0 Å². The van der Waals surface area contributed by atoms with Crippen molar-refractivity contribution in [1.29, 1.82) is 0 Å². The van der Waals surface area contributed by atoms with E-state index in [9.17, 15) is 18.0 Å². The molecule has 1 atom stereocenters. The van der Waals surface area contributed by atoms with Crippen molar-refractivity contribution in [3.8, 4) is 11.1 Å². The number of carbonyl (C=O) groups is 1. The number of hydrogen-bond donors (Lipinski definition) is 0. The largest absolute Gasteiger partial charge is 0.459 e. The van der Waals surface area contributed by atoms with Gasteiger partial charge in [-0.05, 0) is 30.7 Å². The molecule has 1 saturated heterocycles. The van der Waals surface area contributed by atoms with Crippen LogP contribution in [0.15, 0.2) is 39.8 Å². The Morgan fingerprint density at radius 3 is 2.68 bits per heavy atom. The average molecular weight is 488 g/mol. The van der Waals surface area contributed by atoms with Crippen molar-refractivity contribution >= 4 is 32.7 Å². The van der Waals surface area contributed by atoms with Crippen LogP contribution in [0, 0.1) is 0 Å². The lowest BCUT2D eigenvalue weighted by molar-refractivity contribution is -0.116. The minimum Gasteiger partial charge on any atom is -0.459 e. The van der Waals surface area contributed by atoms with E-state index in [1.165, 1.54) is 27.0 Å². The molecule has 3 aromatic heterocycles. The summed E-state index contributed by atoms with van der Waals surface area (Å²) in [6.07, 6.45) is 4.57. The third-order valence-electron chi connectivity index (χ3n) is 6.33. The Morgan fingerprint density at radius 2 is 2.03 bits per heavy atom. The van der Waals surface area contributed by atoms with Crippen LogP contribution in [0.2, 0.25) is 0 Å². The van der Waals surface area contributed by atoms with Gasteiger partial charge in [-0.3, -0.25) is 14.5 Å². The molecule has 0 N–H and O–H groups in total. The standard InChI is InChI=1S/C23H29N5O5S/c1-15-12-28(34(5,31)32)9-8-27(15)13-18-11-19-22(33-18)20(14-25(3)23(19)30)17-6-7-24-21(10-17)26(4)16(2)29/h6-7,10-11,14-15H,8-9,12-13H2,1-5H3/t15-/m1/s1. The number of anilines is 1. The van der Waals surface area contributed by atoms with E-state index in [1.807, 2.05) is 13.0 Å². The van der Waals surface area contributed by atoms with E-state index in [1.54, 1.807) is 38.6 Å². The van der Waals surface area contributed by atoms with E-state index >= 15 is 0 Å². The minimum absolute atomic E-state index is 0.00358. The molecule has 11 heteroatoms. The lowest BCUT2D eigenvalue weighted by atomic mass is 10.1. The third kappa shape index (κ3) is 4.63. The Labute approximate surface area is 198 Å². The number of hydrogen-bond acceptors (Lipinski definition) is 7. The Bertz CT molecular complexity index is 1410. The fourth-order valence-corrected chi connectivity index (χ4v) is 5.11. The summed E-state index contributed by atoms with van der Waals surface area (Å²) < 4.78 is 33.0. The number of aromatic nitrogens is 2. The van der Waals surface area contributed by atoms with Gasteiger partial charge < -0.3 is 13.9 Å². The van der Waals surface area contributed by atoms with Gasteiger partial charge in [0.15, 0.2) is 0 Å². The summed E-state index contributed by atoms with van der Waals surface area (Å²) >= 11 is 0.